The average molecular weight is 442 g/mol. The maximum Gasteiger partial charge on any atom is 0.433 e. The van der Waals surface area contributed by atoms with E-state index in [-0.39, 0.29) is 37.9 Å². The van der Waals surface area contributed by atoms with Crippen LogP contribution < -0.4 is 15.4 Å². The number of aromatic nitrogens is 2. The lowest BCUT2D eigenvalue weighted by molar-refractivity contribution is -0.141. The zero-order valence-electron chi connectivity index (χ0n) is 16.7. The van der Waals surface area contributed by atoms with Crippen molar-refractivity contribution < 1.29 is 31.8 Å². The molecule has 1 fully saturated rings. The van der Waals surface area contributed by atoms with E-state index in [9.17, 15) is 22.4 Å². The number of pyridine rings is 2. The molecule has 2 aromatic rings. The smallest absolute Gasteiger partial charge is 0.433 e. The molecule has 3 heterocycles. The Hall–Kier alpha value is -2.79. The highest BCUT2D eigenvalue weighted by molar-refractivity contribution is 5.82. The molecule has 31 heavy (non-hydrogen) atoms. The van der Waals surface area contributed by atoms with E-state index in [2.05, 4.69) is 20.6 Å². The van der Waals surface area contributed by atoms with Gasteiger partial charge in [-0.15, -0.1) is 0 Å². The van der Waals surface area contributed by atoms with Crippen LogP contribution in [0.1, 0.15) is 17.8 Å². The molecule has 0 aliphatic carbocycles. The number of nitrogens with zero attached hydrogens (tertiary/aromatic N) is 2. The summed E-state index contributed by atoms with van der Waals surface area (Å²) in [6, 6.07) is 4.76. The number of rotatable bonds is 8. The fourth-order valence-electron chi connectivity index (χ4n) is 3.05. The summed E-state index contributed by atoms with van der Waals surface area (Å²) < 4.78 is 62.1. The molecule has 1 aliphatic heterocycles. The Morgan fingerprint density at radius 2 is 2.06 bits per heavy atom. The minimum Gasteiger partial charge on any atom is -0.475 e. The summed E-state index contributed by atoms with van der Waals surface area (Å²) in [7, 11) is 1.51. The Kier molecular flexibility index (Phi) is 7.39. The molecule has 2 atom stereocenters. The van der Waals surface area contributed by atoms with Crippen molar-refractivity contribution in [2.45, 2.75) is 31.4 Å². The second-order valence-electron chi connectivity index (χ2n) is 6.97. The quantitative estimate of drug-likeness (QED) is 0.483. The zero-order chi connectivity index (χ0) is 22.4. The van der Waals surface area contributed by atoms with Gasteiger partial charge in [0.25, 0.3) is 0 Å². The monoisotopic (exact) mass is 442 g/mol. The van der Waals surface area contributed by atoms with Gasteiger partial charge in [0.2, 0.25) is 11.8 Å². The number of ether oxygens (including phenoxy) is 2. The van der Waals surface area contributed by atoms with Gasteiger partial charge < -0.3 is 20.1 Å². The van der Waals surface area contributed by atoms with Crippen LogP contribution >= 0.6 is 0 Å². The minimum atomic E-state index is -4.53. The number of halogens is 4. The van der Waals surface area contributed by atoms with Crippen molar-refractivity contribution in [2.24, 2.45) is 0 Å². The fraction of sp³-hybridized carbons (Fsp3) is 0.450. The van der Waals surface area contributed by atoms with Crippen LogP contribution in [0.15, 0.2) is 30.5 Å². The summed E-state index contributed by atoms with van der Waals surface area (Å²) in [6.45, 7) is 0.701. The molecule has 0 radical (unpaired) electrons. The normalized spacial score (nSPS) is 18.7. The van der Waals surface area contributed by atoms with Gasteiger partial charge in [0.05, 0.1) is 24.9 Å². The van der Waals surface area contributed by atoms with Crippen molar-refractivity contribution in [3.05, 3.63) is 41.9 Å². The number of amides is 1. The van der Waals surface area contributed by atoms with E-state index in [1.807, 2.05) is 0 Å². The summed E-state index contributed by atoms with van der Waals surface area (Å²) in [6.07, 6.45) is -4.39. The molecule has 0 aromatic carbocycles. The van der Waals surface area contributed by atoms with Gasteiger partial charge in [0.15, 0.2) is 0 Å². The van der Waals surface area contributed by atoms with Crippen molar-refractivity contribution in [1.29, 1.82) is 0 Å². The first-order valence-corrected chi connectivity index (χ1v) is 9.57. The largest absolute Gasteiger partial charge is 0.475 e. The van der Waals surface area contributed by atoms with Crippen LogP contribution in [0.3, 0.4) is 0 Å². The van der Waals surface area contributed by atoms with Gasteiger partial charge in [-0.3, -0.25) is 9.78 Å². The molecule has 11 heteroatoms. The minimum absolute atomic E-state index is 0.0382. The van der Waals surface area contributed by atoms with Crippen LogP contribution in [0.4, 0.5) is 17.6 Å². The SMILES string of the molecule is COCCOc1cc(-c2ccc(C(F)(F)F)nc2)cc(CNC(=O)C2CC(F)CN2)n1. The van der Waals surface area contributed by atoms with Crippen LogP contribution in [0, 0.1) is 0 Å². The summed E-state index contributed by atoms with van der Waals surface area (Å²) in [5.74, 6) is -0.132. The Bertz CT molecular complexity index is 893. The number of hydrogen-bond donors (Lipinski definition) is 2. The topological polar surface area (TPSA) is 85.4 Å². The summed E-state index contributed by atoms with van der Waals surface area (Å²) >= 11 is 0. The van der Waals surface area contributed by atoms with Gasteiger partial charge in [0.1, 0.15) is 18.5 Å². The van der Waals surface area contributed by atoms with E-state index in [1.165, 1.54) is 13.2 Å². The number of carbonyl (C=O) groups is 1. The van der Waals surface area contributed by atoms with Gasteiger partial charge >= 0.3 is 6.18 Å². The highest BCUT2D eigenvalue weighted by Crippen LogP contribution is 2.30. The van der Waals surface area contributed by atoms with Crippen LogP contribution in [0.2, 0.25) is 0 Å². The van der Waals surface area contributed by atoms with Crippen LogP contribution in [-0.2, 0) is 22.3 Å². The molecule has 1 saturated heterocycles. The van der Waals surface area contributed by atoms with E-state index in [0.29, 0.717) is 23.4 Å². The third kappa shape index (κ3) is 6.34. The van der Waals surface area contributed by atoms with Crippen molar-refractivity contribution in [1.82, 2.24) is 20.6 Å². The van der Waals surface area contributed by atoms with Gasteiger partial charge in [-0.05, 0) is 17.7 Å². The van der Waals surface area contributed by atoms with Gasteiger partial charge in [-0.1, -0.05) is 6.07 Å². The molecule has 0 saturated carbocycles. The predicted molar refractivity (Wildman–Crippen MR) is 103 cm³/mol. The Balaban J connectivity index is 1.78. The Morgan fingerprint density at radius 1 is 1.26 bits per heavy atom. The molecule has 3 rings (SSSR count). The highest BCUT2D eigenvalue weighted by Gasteiger charge is 2.32. The third-order valence-electron chi connectivity index (χ3n) is 4.62. The van der Waals surface area contributed by atoms with Gasteiger partial charge in [-0.2, -0.15) is 13.2 Å². The number of hydrogen-bond acceptors (Lipinski definition) is 6. The molecule has 1 aliphatic rings. The lowest BCUT2D eigenvalue weighted by Gasteiger charge is -2.13. The van der Waals surface area contributed by atoms with E-state index in [4.69, 9.17) is 9.47 Å². The van der Waals surface area contributed by atoms with Crippen LogP contribution in [0.5, 0.6) is 5.88 Å². The van der Waals surface area contributed by atoms with Gasteiger partial charge in [0, 0.05) is 37.9 Å². The molecule has 2 N–H and O–H groups in total. The fourth-order valence-corrected chi connectivity index (χ4v) is 3.05. The van der Waals surface area contributed by atoms with Gasteiger partial charge in [-0.25, -0.2) is 9.37 Å². The maximum absolute atomic E-state index is 13.3. The predicted octanol–water partition coefficient (Wildman–Crippen LogP) is 2.50. The first-order valence-electron chi connectivity index (χ1n) is 9.57. The average Bonchev–Trinajstić information content (AvgIpc) is 3.18. The van der Waals surface area contributed by atoms with Crippen molar-refractivity contribution in [3.8, 4) is 17.0 Å². The number of alkyl halides is 4. The molecule has 2 unspecified atom stereocenters. The molecule has 168 valence electrons. The Morgan fingerprint density at radius 3 is 2.68 bits per heavy atom. The maximum atomic E-state index is 13.3. The lowest BCUT2D eigenvalue weighted by Crippen LogP contribution is -2.40. The van der Waals surface area contributed by atoms with E-state index >= 15 is 0 Å². The van der Waals surface area contributed by atoms with E-state index in [1.54, 1.807) is 12.1 Å². The van der Waals surface area contributed by atoms with E-state index in [0.717, 1.165) is 12.3 Å². The Labute approximate surface area is 176 Å². The second-order valence-corrected chi connectivity index (χ2v) is 6.97. The molecule has 0 bridgehead atoms. The first-order chi connectivity index (χ1) is 14.8. The number of nitrogens with one attached hydrogen (secondary N) is 2. The molecular formula is C20H22F4N4O3. The zero-order valence-corrected chi connectivity index (χ0v) is 16.7. The summed E-state index contributed by atoms with van der Waals surface area (Å²) in [5.41, 5.74) is 0.380. The molecule has 7 nitrogen and oxygen atoms in total. The summed E-state index contributed by atoms with van der Waals surface area (Å²) in [5, 5.41) is 5.48. The second kappa shape index (κ2) is 10.0. The number of carbonyl (C=O) groups excluding carboxylic acids is 1. The third-order valence-corrected chi connectivity index (χ3v) is 4.62. The van der Waals surface area contributed by atoms with Crippen LogP contribution in [0.25, 0.3) is 11.1 Å². The lowest BCUT2D eigenvalue weighted by atomic mass is 10.1. The standard InChI is InChI=1S/C20H22F4N4O3/c1-30-4-5-31-18-7-13(12-2-3-17(26-9-12)20(22,23)24)6-15(28-18)11-27-19(29)16-8-14(21)10-25-16/h2-3,6-7,9,14,16,25H,4-5,8,10-11H2,1H3,(H,27,29). The summed E-state index contributed by atoms with van der Waals surface area (Å²) in [4.78, 5) is 20.0. The number of methoxy groups -OCH3 is 1. The molecule has 0 spiro atoms. The molecule has 1 amide bonds. The van der Waals surface area contributed by atoms with Crippen molar-refractivity contribution in [3.63, 3.8) is 0 Å². The van der Waals surface area contributed by atoms with E-state index < -0.39 is 24.1 Å². The first kappa shape index (κ1) is 22.9. The van der Waals surface area contributed by atoms with Crippen molar-refractivity contribution in [2.75, 3.05) is 26.9 Å². The highest BCUT2D eigenvalue weighted by atomic mass is 19.4. The molecule has 2 aromatic heterocycles. The molecular weight excluding hydrogens is 420 g/mol. The van der Waals surface area contributed by atoms with Crippen LogP contribution in [-0.4, -0.2) is 55.0 Å². The van der Waals surface area contributed by atoms with Crippen molar-refractivity contribution >= 4 is 5.91 Å².